The number of primary sulfonamides is 1. The lowest BCUT2D eigenvalue weighted by Crippen LogP contribution is -2.39. The highest BCUT2D eigenvalue weighted by atomic mass is 32.2. The van der Waals surface area contributed by atoms with Crippen molar-refractivity contribution < 1.29 is 26.4 Å². The first-order chi connectivity index (χ1) is 9.51. The second kappa shape index (κ2) is 6.00. The van der Waals surface area contributed by atoms with Crippen LogP contribution in [0.25, 0.3) is 0 Å². The molecule has 0 bridgehead atoms. The number of rotatable bonds is 5. The van der Waals surface area contributed by atoms with Gasteiger partial charge in [-0.25, -0.2) is 22.0 Å². The molecule has 2 N–H and O–H groups in total. The van der Waals surface area contributed by atoms with Crippen LogP contribution in [0.1, 0.15) is 6.92 Å². The van der Waals surface area contributed by atoms with Crippen molar-refractivity contribution in [3.8, 4) is 0 Å². The lowest BCUT2D eigenvalue weighted by molar-refractivity contribution is -0.139. The van der Waals surface area contributed by atoms with Crippen LogP contribution in [0.4, 0.5) is 5.69 Å². The quantitative estimate of drug-likeness (QED) is 0.734. The van der Waals surface area contributed by atoms with Crippen molar-refractivity contribution in [2.45, 2.75) is 17.1 Å². The molecule has 0 aliphatic rings. The predicted molar refractivity (Wildman–Crippen MR) is 76.6 cm³/mol. The van der Waals surface area contributed by atoms with Crippen molar-refractivity contribution in [1.82, 2.24) is 0 Å². The number of ether oxygens (including phenoxy) is 1. The number of esters is 1. The largest absolute Gasteiger partial charge is 0.468 e. The molecule has 0 amide bonds. The van der Waals surface area contributed by atoms with Crippen molar-refractivity contribution in [3.05, 3.63) is 24.3 Å². The number of nitrogens with zero attached hydrogens (tertiary/aromatic N) is 1. The summed E-state index contributed by atoms with van der Waals surface area (Å²) >= 11 is 0. The highest BCUT2D eigenvalue weighted by Crippen LogP contribution is 2.21. The number of hydrogen-bond donors (Lipinski definition) is 1. The maximum absolute atomic E-state index is 12.2. The van der Waals surface area contributed by atoms with E-state index in [-0.39, 0.29) is 10.6 Å². The monoisotopic (exact) mass is 336 g/mol. The molecule has 1 aromatic rings. The molecule has 0 fully saturated rings. The minimum Gasteiger partial charge on any atom is -0.468 e. The van der Waals surface area contributed by atoms with E-state index >= 15 is 0 Å². The Morgan fingerprint density at radius 3 is 2.05 bits per heavy atom. The van der Waals surface area contributed by atoms with Gasteiger partial charge < -0.3 is 4.74 Å². The molecule has 0 saturated heterocycles. The van der Waals surface area contributed by atoms with Crippen LogP contribution in [0.5, 0.6) is 0 Å². The fourth-order valence-corrected chi connectivity index (χ4v) is 3.26. The van der Waals surface area contributed by atoms with Crippen LogP contribution < -0.4 is 9.44 Å². The van der Waals surface area contributed by atoms with Crippen LogP contribution in [-0.4, -0.2) is 42.2 Å². The van der Waals surface area contributed by atoms with Gasteiger partial charge in [0.2, 0.25) is 20.0 Å². The summed E-state index contributed by atoms with van der Waals surface area (Å²) in [5.41, 5.74) is 0.193. The number of carbonyl (C=O) groups excluding carboxylic acids is 1. The summed E-state index contributed by atoms with van der Waals surface area (Å²) in [6.45, 7) is 1.20. The molecule has 21 heavy (non-hydrogen) atoms. The van der Waals surface area contributed by atoms with Gasteiger partial charge in [0.1, 0.15) is 0 Å². The van der Waals surface area contributed by atoms with E-state index in [0.717, 1.165) is 11.4 Å². The molecule has 0 saturated carbocycles. The molecule has 0 heterocycles. The first-order valence-corrected chi connectivity index (χ1v) is 8.75. The van der Waals surface area contributed by atoms with Crippen molar-refractivity contribution in [3.63, 3.8) is 0 Å². The van der Waals surface area contributed by atoms with Gasteiger partial charge in [-0.15, -0.1) is 0 Å². The van der Waals surface area contributed by atoms with Gasteiger partial charge in [0.25, 0.3) is 0 Å². The van der Waals surface area contributed by atoms with Crippen molar-refractivity contribution >= 4 is 31.7 Å². The highest BCUT2D eigenvalue weighted by molar-refractivity contribution is 7.94. The van der Waals surface area contributed by atoms with Crippen LogP contribution in [0.3, 0.4) is 0 Å². The second-order valence-electron chi connectivity index (χ2n) is 4.22. The maximum atomic E-state index is 12.2. The van der Waals surface area contributed by atoms with Crippen molar-refractivity contribution in [1.29, 1.82) is 0 Å². The van der Waals surface area contributed by atoms with Gasteiger partial charge >= 0.3 is 5.97 Å². The summed E-state index contributed by atoms with van der Waals surface area (Å²) in [6, 6.07) is 4.92. The summed E-state index contributed by atoms with van der Waals surface area (Å²) in [4.78, 5) is 11.2. The van der Waals surface area contributed by atoms with Gasteiger partial charge in [-0.3, -0.25) is 9.10 Å². The van der Waals surface area contributed by atoms with Crippen LogP contribution in [-0.2, 0) is 29.6 Å². The van der Waals surface area contributed by atoms with Gasteiger partial charge in [0, 0.05) is 7.05 Å². The molecule has 1 atom stereocenters. The topological polar surface area (TPSA) is 124 Å². The van der Waals surface area contributed by atoms with Crippen LogP contribution in [0.2, 0.25) is 0 Å². The average Bonchev–Trinajstić information content (AvgIpc) is 2.43. The average molecular weight is 336 g/mol. The molecule has 1 unspecified atom stereocenters. The van der Waals surface area contributed by atoms with Gasteiger partial charge in [-0.05, 0) is 31.2 Å². The number of sulfonamides is 2. The van der Waals surface area contributed by atoms with Gasteiger partial charge in [-0.1, -0.05) is 0 Å². The minimum absolute atomic E-state index is 0.141. The third-order valence-corrected chi connectivity index (χ3v) is 5.88. The molecule has 1 aromatic carbocycles. The van der Waals surface area contributed by atoms with E-state index < -0.39 is 31.3 Å². The van der Waals surface area contributed by atoms with Crippen LogP contribution in [0.15, 0.2) is 29.2 Å². The van der Waals surface area contributed by atoms with E-state index in [1.54, 1.807) is 0 Å². The SMILES string of the molecule is COC(=O)C(C)S(=O)(=O)N(C)c1ccc(S(N)(=O)=O)cc1. The molecule has 0 aromatic heterocycles. The van der Waals surface area contributed by atoms with E-state index in [4.69, 9.17) is 5.14 Å². The first kappa shape index (κ1) is 17.4. The number of nitrogens with two attached hydrogens (primary N) is 1. The number of methoxy groups -OCH3 is 1. The summed E-state index contributed by atoms with van der Waals surface area (Å²) in [7, 11) is -5.49. The molecule has 0 aliphatic carbocycles. The second-order valence-corrected chi connectivity index (χ2v) is 8.06. The fourth-order valence-electron chi connectivity index (χ4n) is 1.52. The predicted octanol–water partition coefficient (Wildman–Crippen LogP) is -0.338. The summed E-state index contributed by atoms with van der Waals surface area (Å²) in [5, 5.41) is 3.57. The third kappa shape index (κ3) is 3.71. The van der Waals surface area contributed by atoms with Gasteiger partial charge in [0.05, 0.1) is 17.7 Å². The molecule has 8 nitrogen and oxygen atoms in total. The molecular weight excluding hydrogens is 320 g/mol. The molecule has 0 spiro atoms. The van der Waals surface area contributed by atoms with Crippen LogP contribution >= 0.6 is 0 Å². The Bertz CT molecular complexity index is 724. The normalized spacial score (nSPS) is 13.5. The summed E-state index contributed by atoms with van der Waals surface area (Å²) in [5.74, 6) is -0.886. The van der Waals surface area contributed by atoms with Gasteiger partial charge in [-0.2, -0.15) is 0 Å². The zero-order valence-corrected chi connectivity index (χ0v) is 13.3. The van der Waals surface area contributed by atoms with Crippen molar-refractivity contribution in [2.24, 2.45) is 5.14 Å². The van der Waals surface area contributed by atoms with E-state index in [1.165, 1.54) is 38.2 Å². The van der Waals surface area contributed by atoms with Gasteiger partial charge in [0.15, 0.2) is 5.25 Å². The lowest BCUT2D eigenvalue weighted by Gasteiger charge is -2.22. The van der Waals surface area contributed by atoms with E-state index in [1.807, 2.05) is 0 Å². The van der Waals surface area contributed by atoms with E-state index in [9.17, 15) is 21.6 Å². The Hall–Kier alpha value is -1.65. The standard InChI is InChI=1S/C11H16N2O6S2/c1-8(11(14)19-3)21(17,18)13(2)9-4-6-10(7-5-9)20(12,15)16/h4-8H,1-3H3,(H2,12,15,16). The summed E-state index contributed by atoms with van der Waals surface area (Å²) in [6.07, 6.45) is 0. The Balaban J connectivity index is 3.14. The zero-order valence-electron chi connectivity index (χ0n) is 11.7. The molecular formula is C11H16N2O6S2. The van der Waals surface area contributed by atoms with E-state index in [2.05, 4.69) is 4.74 Å². The molecule has 0 aliphatic heterocycles. The first-order valence-electron chi connectivity index (χ1n) is 5.70. The molecule has 118 valence electrons. The van der Waals surface area contributed by atoms with E-state index in [0.29, 0.717) is 0 Å². The maximum Gasteiger partial charge on any atom is 0.325 e. The van der Waals surface area contributed by atoms with Crippen LogP contribution in [0, 0.1) is 0 Å². The number of carbonyl (C=O) groups is 1. The number of hydrogen-bond acceptors (Lipinski definition) is 6. The number of benzene rings is 1. The lowest BCUT2D eigenvalue weighted by atomic mass is 10.3. The highest BCUT2D eigenvalue weighted by Gasteiger charge is 2.33. The molecule has 1 rings (SSSR count). The summed E-state index contributed by atoms with van der Waals surface area (Å²) < 4.78 is 51.9. The van der Waals surface area contributed by atoms with Crippen molar-refractivity contribution in [2.75, 3.05) is 18.5 Å². The Morgan fingerprint density at radius 1 is 1.19 bits per heavy atom. The smallest absolute Gasteiger partial charge is 0.325 e. The Labute approximate surface area is 123 Å². The molecule has 0 radical (unpaired) electrons. The number of anilines is 1. The Morgan fingerprint density at radius 2 is 1.67 bits per heavy atom. The third-order valence-electron chi connectivity index (χ3n) is 2.89. The fraction of sp³-hybridized carbons (Fsp3) is 0.364. The zero-order chi connectivity index (χ0) is 16.4. The minimum atomic E-state index is -3.97. The molecule has 10 heteroatoms. The Kier molecular flexibility index (Phi) is 4.97.